The van der Waals surface area contributed by atoms with Gasteiger partial charge in [0.25, 0.3) is 0 Å². The van der Waals surface area contributed by atoms with E-state index in [0.717, 1.165) is 37.9 Å². The zero-order chi connectivity index (χ0) is 17.6. The first-order valence-electron chi connectivity index (χ1n) is 8.32. The Bertz CT molecular complexity index is 503. The number of carbonyl (C=O) groups is 2. The highest BCUT2D eigenvalue weighted by Crippen LogP contribution is 2.16. The summed E-state index contributed by atoms with van der Waals surface area (Å²) in [6.07, 6.45) is 7.41. The number of hydrogen-bond donors (Lipinski definition) is 0. The number of esters is 1. The van der Waals surface area contributed by atoms with Crippen LogP contribution >= 0.6 is 0 Å². The van der Waals surface area contributed by atoms with Crippen LogP contribution < -0.4 is 4.74 Å². The van der Waals surface area contributed by atoms with Crippen molar-refractivity contribution in [1.82, 2.24) is 0 Å². The van der Waals surface area contributed by atoms with Crippen LogP contribution in [0, 0.1) is 0 Å². The van der Waals surface area contributed by atoms with Crippen molar-refractivity contribution < 1.29 is 19.1 Å². The summed E-state index contributed by atoms with van der Waals surface area (Å²) in [4.78, 5) is 22.0. The van der Waals surface area contributed by atoms with Gasteiger partial charge in [-0.15, -0.1) is 0 Å². The molecule has 0 saturated heterocycles. The molecule has 0 aliphatic rings. The van der Waals surface area contributed by atoms with Crippen molar-refractivity contribution in [3.8, 4) is 5.75 Å². The molecule has 0 N–H and O–H groups in total. The monoisotopic (exact) mass is 330 g/mol. The maximum absolute atomic E-state index is 11.1. The molecule has 0 radical (unpaired) electrons. The van der Waals surface area contributed by atoms with Crippen LogP contribution in [0.15, 0.2) is 49.6 Å². The average Bonchev–Trinajstić information content (AvgIpc) is 2.61. The zero-order valence-corrected chi connectivity index (χ0v) is 14.2. The molecule has 0 fully saturated rings. The molecule has 1 aromatic rings. The van der Waals surface area contributed by atoms with E-state index in [0.29, 0.717) is 19.6 Å². The van der Waals surface area contributed by atoms with Gasteiger partial charge in [0.05, 0.1) is 13.2 Å². The van der Waals surface area contributed by atoms with Crippen molar-refractivity contribution in [2.45, 2.75) is 38.5 Å². The number of unbranched alkanes of at least 4 members (excludes halogenated alkanes) is 2. The summed E-state index contributed by atoms with van der Waals surface area (Å²) in [5, 5.41) is 0. The van der Waals surface area contributed by atoms with Gasteiger partial charge in [0.2, 0.25) is 0 Å². The van der Waals surface area contributed by atoms with Crippen LogP contribution in [0.4, 0.5) is 0 Å². The van der Waals surface area contributed by atoms with E-state index < -0.39 is 0 Å². The fourth-order valence-electron chi connectivity index (χ4n) is 2.15. The summed E-state index contributed by atoms with van der Waals surface area (Å²) in [5.41, 5.74) is 1.20. The highest BCUT2D eigenvalue weighted by Gasteiger charge is 2.00. The fourth-order valence-corrected chi connectivity index (χ4v) is 2.15. The number of rotatable bonds is 13. The van der Waals surface area contributed by atoms with Gasteiger partial charge >= 0.3 is 5.97 Å². The number of benzene rings is 1. The summed E-state index contributed by atoms with van der Waals surface area (Å²) in [6, 6.07) is 8.00. The molecule has 0 heterocycles. The predicted octanol–water partition coefficient (Wildman–Crippen LogP) is 4.04. The first-order chi connectivity index (χ1) is 11.7. The Kier molecular flexibility index (Phi) is 9.93. The van der Waals surface area contributed by atoms with Crippen LogP contribution in [0.3, 0.4) is 0 Å². The quantitative estimate of drug-likeness (QED) is 0.311. The third kappa shape index (κ3) is 8.93. The number of aryl methyl sites for hydroxylation is 1. The topological polar surface area (TPSA) is 52.6 Å². The first kappa shape index (κ1) is 19.7. The third-order valence-corrected chi connectivity index (χ3v) is 3.48. The predicted molar refractivity (Wildman–Crippen MR) is 95.1 cm³/mol. The van der Waals surface area contributed by atoms with Crippen LogP contribution in [0.1, 0.15) is 37.7 Å². The van der Waals surface area contributed by atoms with E-state index in [2.05, 4.69) is 19.2 Å². The van der Waals surface area contributed by atoms with Crippen molar-refractivity contribution >= 4 is 11.8 Å². The molecule has 1 aromatic carbocycles. The maximum Gasteiger partial charge on any atom is 0.330 e. The normalized spacial score (nSPS) is 10.0. The van der Waals surface area contributed by atoms with E-state index >= 15 is 0 Å². The SMILES string of the molecule is C=CC(=O)CCCCOc1cccc(CCCCOC(=O)C=C)c1. The van der Waals surface area contributed by atoms with Gasteiger partial charge in [0.1, 0.15) is 5.75 Å². The van der Waals surface area contributed by atoms with Crippen LogP contribution in [0.25, 0.3) is 0 Å². The van der Waals surface area contributed by atoms with Gasteiger partial charge in [-0.2, -0.15) is 0 Å². The lowest BCUT2D eigenvalue weighted by Gasteiger charge is -2.08. The Morgan fingerprint density at radius 1 is 1.00 bits per heavy atom. The summed E-state index contributed by atoms with van der Waals surface area (Å²) in [7, 11) is 0. The molecule has 1 rings (SSSR count). The van der Waals surface area contributed by atoms with Gasteiger partial charge in [-0.05, 0) is 55.9 Å². The van der Waals surface area contributed by atoms with Crippen LogP contribution in [0.5, 0.6) is 5.75 Å². The van der Waals surface area contributed by atoms with E-state index in [1.165, 1.54) is 17.7 Å². The Morgan fingerprint density at radius 3 is 2.54 bits per heavy atom. The molecule has 4 heteroatoms. The Balaban J connectivity index is 2.21. The lowest BCUT2D eigenvalue weighted by atomic mass is 10.1. The summed E-state index contributed by atoms with van der Waals surface area (Å²) in [6.45, 7) is 7.84. The lowest BCUT2D eigenvalue weighted by molar-refractivity contribution is -0.137. The molecule has 0 unspecified atom stereocenters. The Morgan fingerprint density at radius 2 is 1.79 bits per heavy atom. The fraction of sp³-hybridized carbons (Fsp3) is 0.400. The summed E-state index contributed by atoms with van der Waals surface area (Å²) >= 11 is 0. The van der Waals surface area contributed by atoms with E-state index in [1.807, 2.05) is 18.2 Å². The minimum Gasteiger partial charge on any atom is -0.494 e. The molecule has 0 amide bonds. The molecule has 0 aliphatic carbocycles. The number of allylic oxidation sites excluding steroid dienone is 1. The van der Waals surface area contributed by atoms with Crippen LogP contribution in [-0.2, 0) is 20.7 Å². The number of ketones is 1. The molecule has 4 nitrogen and oxygen atoms in total. The highest BCUT2D eigenvalue weighted by molar-refractivity contribution is 5.88. The molecule has 130 valence electrons. The first-order valence-corrected chi connectivity index (χ1v) is 8.32. The van der Waals surface area contributed by atoms with Crippen LogP contribution in [0.2, 0.25) is 0 Å². The molecule has 24 heavy (non-hydrogen) atoms. The highest BCUT2D eigenvalue weighted by atomic mass is 16.5. The largest absolute Gasteiger partial charge is 0.494 e. The van der Waals surface area contributed by atoms with Gasteiger partial charge in [0, 0.05) is 12.5 Å². The molecule has 0 bridgehead atoms. The number of hydrogen-bond acceptors (Lipinski definition) is 4. The summed E-state index contributed by atoms with van der Waals surface area (Å²) in [5.74, 6) is 0.552. The molecular weight excluding hydrogens is 304 g/mol. The second-order valence-corrected chi connectivity index (χ2v) is 5.45. The van der Waals surface area contributed by atoms with Gasteiger partial charge < -0.3 is 9.47 Å². The van der Waals surface area contributed by atoms with Gasteiger partial charge in [-0.3, -0.25) is 4.79 Å². The van der Waals surface area contributed by atoms with Crippen molar-refractivity contribution in [3.63, 3.8) is 0 Å². The van der Waals surface area contributed by atoms with E-state index in [9.17, 15) is 9.59 Å². The standard InChI is InChI=1S/C20H26O4/c1-3-18(21)12-6-8-14-23-19-13-9-11-17(16-19)10-5-7-15-24-20(22)4-2/h3-4,9,11,13,16H,1-2,5-8,10,12,14-15H2. The van der Waals surface area contributed by atoms with Crippen molar-refractivity contribution in [3.05, 3.63) is 55.1 Å². The van der Waals surface area contributed by atoms with Gasteiger partial charge in [0.15, 0.2) is 5.78 Å². The van der Waals surface area contributed by atoms with Gasteiger partial charge in [-0.1, -0.05) is 25.3 Å². The number of carbonyl (C=O) groups excluding carboxylic acids is 2. The third-order valence-electron chi connectivity index (χ3n) is 3.48. The minimum atomic E-state index is -0.375. The Hall–Kier alpha value is -2.36. The lowest BCUT2D eigenvalue weighted by Crippen LogP contribution is -2.02. The molecule has 0 atom stereocenters. The molecule has 0 saturated carbocycles. The van der Waals surface area contributed by atoms with E-state index in [1.54, 1.807) is 0 Å². The molecule has 0 spiro atoms. The maximum atomic E-state index is 11.1. The molecule has 0 aliphatic heterocycles. The van der Waals surface area contributed by atoms with Crippen LogP contribution in [-0.4, -0.2) is 25.0 Å². The minimum absolute atomic E-state index is 0.0794. The van der Waals surface area contributed by atoms with E-state index in [-0.39, 0.29) is 11.8 Å². The summed E-state index contributed by atoms with van der Waals surface area (Å²) < 4.78 is 10.7. The van der Waals surface area contributed by atoms with E-state index in [4.69, 9.17) is 9.47 Å². The van der Waals surface area contributed by atoms with Crippen molar-refractivity contribution in [2.75, 3.05) is 13.2 Å². The second-order valence-electron chi connectivity index (χ2n) is 5.45. The molecule has 0 aromatic heterocycles. The molecular formula is C20H26O4. The smallest absolute Gasteiger partial charge is 0.330 e. The Labute approximate surface area is 144 Å². The van der Waals surface area contributed by atoms with Crippen molar-refractivity contribution in [2.24, 2.45) is 0 Å². The average molecular weight is 330 g/mol. The second kappa shape index (κ2) is 12.1. The zero-order valence-electron chi connectivity index (χ0n) is 14.2. The van der Waals surface area contributed by atoms with Gasteiger partial charge in [-0.25, -0.2) is 4.79 Å². The number of ether oxygens (including phenoxy) is 2. The van der Waals surface area contributed by atoms with Crippen molar-refractivity contribution in [1.29, 1.82) is 0 Å².